The summed E-state index contributed by atoms with van der Waals surface area (Å²) in [5.74, 6) is 0. The van der Waals surface area contributed by atoms with Crippen molar-refractivity contribution >= 4 is 16.5 Å². The van der Waals surface area contributed by atoms with E-state index in [4.69, 9.17) is 4.74 Å². The zero-order valence-corrected chi connectivity index (χ0v) is 10.4. The van der Waals surface area contributed by atoms with Crippen LogP contribution in [0.15, 0.2) is 6.20 Å². The van der Waals surface area contributed by atoms with Crippen LogP contribution >= 0.6 is 11.3 Å². The van der Waals surface area contributed by atoms with Crippen LogP contribution < -0.4 is 4.90 Å². The van der Waals surface area contributed by atoms with Crippen LogP contribution in [-0.2, 0) is 11.2 Å². The van der Waals surface area contributed by atoms with Gasteiger partial charge >= 0.3 is 0 Å². The smallest absolute Gasteiger partial charge is 0.185 e. The zero-order valence-electron chi connectivity index (χ0n) is 9.56. The van der Waals surface area contributed by atoms with E-state index in [0.29, 0.717) is 0 Å². The van der Waals surface area contributed by atoms with Crippen molar-refractivity contribution in [3.63, 3.8) is 0 Å². The van der Waals surface area contributed by atoms with Crippen LogP contribution in [0.5, 0.6) is 0 Å². The highest BCUT2D eigenvalue weighted by molar-refractivity contribution is 7.15. The highest BCUT2D eigenvalue weighted by Crippen LogP contribution is 2.24. The van der Waals surface area contributed by atoms with Gasteiger partial charge in [-0.3, -0.25) is 0 Å². The fraction of sp³-hybridized carbons (Fsp3) is 0.727. The van der Waals surface area contributed by atoms with Crippen molar-refractivity contribution in [1.29, 1.82) is 0 Å². The monoisotopic (exact) mass is 242 g/mol. The minimum atomic E-state index is -0.228. The van der Waals surface area contributed by atoms with Gasteiger partial charge in [-0.15, -0.1) is 11.3 Å². The molecule has 1 aliphatic rings. The van der Waals surface area contributed by atoms with Gasteiger partial charge in [0.25, 0.3) is 0 Å². The molecule has 0 radical (unpaired) electrons. The average Bonchev–Trinajstić information content (AvgIpc) is 2.76. The van der Waals surface area contributed by atoms with E-state index in [-0.39, 0.29) is 6.10 Å². The molecule has 1 aromatic rings. The van der Waals surface area contributed by atoms with E-state index in [0.717, 1.165) is 44.3 Å². The number of hydrogen-bond donors (Lipinski definition) is 1. The number of thiazole rings is 1. The third-order valence-corrected chi connectivity index (χ3v) is 3.75. The Hall–Kier alpha value is -0.650. The van der Waals surface area contributed by atoms with Crippen LogP contribution in [0.25, 0.3) is 0 Å². The van der Waals surface area contributed by atoms with Crippen LogP contribution in [0.4, 0.5) is 5.13 Å². The largest absolute Gasteiger partial charge is 0.393 e. The van der Waals surface area contributed by atoms with Gasteiger partial charge in [-0.1, -0.05) is 0 Å². The Morgan fingerprint density at radius 2 is 2.31 bits per heavy atom. The van der Waals surface area contributed by atoms with Gasteiger partial charge in [0.05, 0.1) is 19.3 Å². The molecule has 0 bridgehead atoms. The standard InChI is InChI=1S/C11H18N2O2S/c1-9(14)2-3-10-8-12-11(16-10)13-4-6-15-7-5-13/h8-9,14H,2-7H2,1H3. The molecule has 4 nitrogen and oxygen atoms in total. The lowest BCUT2D eigenvalue weighted by Gasteiger charge is -2.25. The van der Waals surface area contributed by atoms with Gasteiger partial charge < -0.3 is 14.7 Å². The molecule has 2 rings (SSSR count). The van der Waals surface area contributed by atoms with Crippen LogP contribution in [0.3, 0.4) is 0 Å². The van der Waals surface area contributed by atoms with Crippen LogP contribution in [0.1, 0.15) is 18.2 Å². The normalized spacial score (nSPS) is 18.8. The molecule has 1 aromatic heterocycles. The summed E-state index contributed by atoms with van der Waals surface area (Å²) in [5.41, 5.74) is 0. The highest BCUT2D eigenvalue weighted by atomic mass is 32.1. The highest BCUT2D eigenvalue weighted by Gasteiger charge is 2.14. The molecule has 0 saturated carbocycles. The summed E-state index contributed by atoms with van der Waals surface area (Å²) in [6.07, 6.45) is 3.43. The molecule has 1 unspecified atom stereocenters. The maximum atomic E-state index is 9.23. The first-order valence-corrected chi connectivity index (χ1v) is 6.53. The molecule has 16 heavy (non-hydrogen) atoms. The van der Waals surface area contributed by atoms with E-state index in [1.807, 2.05) is 13.1 Å². The Labute approximate surface area is 99.9 Å². The number of aliphatic hydroxyl groups excluding tert-OH is 1. The maximum Gasteiger partial charge on any atom is 0.185 e. The molecule has 1 atom stereocenters. The topological polar surface area (TPSA) is 45.6 Å². The van der Waals surface area contributed by atoms with E-state index >= 15 is 0 Å². The number of ether oxygens (including phenoxy) is 1. The molecule has 1 N–H and O–H groups in total. The molecule has 0 spiro atoms. The van der Waals surface area contributed by atoms with Crippen molar-refractivity contribution in [3.05, 3.63) is 11.1 Å². The fourth-order valence-corrected chi connectivity index (χ4v) is 2.64. The number of aryl methyl sites for hydroxylation is 1. The summed E-state index contributed by atoms with van der Waals surface area (Å²) in [6, 6.07) is 0. The number of nitrogens with zero attached hydrogens (tertiary/aromatic N) is 2. The average molecular weight is 242 g/mol. The van der Waals surface area contributed by atoms with E-state index in [1.165, 1.54) is 4.88 Å². The van der Waals surface area contributed by atoms with Crippen molar-refractivity contribution in [1.82, 2.24) is 4.98 Å². The van der Waals surface area contributed by atoms with Gasteiger partial charge in [-0.05, 0) is 19.8 Å². The van der Waals surface area contributed by atoms with E-state index in [2.05, 4.69) is 9.88 Å². The molecular formula is C11H18N2O2S. The summed E-state index contributed by atoms with van der Waals surface area (Å²) >= 11 is 1.73. The van der Waals surface area contributed by atoms with Gasteiger partial charge in [0.2, 0.25) is 0 Å². The van der Waals surface area contributed by atoms with Crippen LogP contribution in [0.2, 0.25) is 0 Å². The van der Waals surface area contributed by atoms with Gasteiger partial charge in [0.15, 0.2) is 5.13 Å². The zero-order chi connectivity index (χ0) is 11.4. The number of aromatic nitrogens is 1. The van der Waals surface area contributed by atoms with Gasteiger partial charge in [-0.2, -0.15) is 0 Å². The van der Waals surface area contributed by atoms with Crippen molar-refractivity contribution in [3.8, 4) is 0 Å². The van der Waals surface area contributed by atoms with Gasteiger partial charge in [0.1, 0.15) is 0 Å². The Kier molecular flexibility index (Phi) is 4.15. The lowest BCUT2D eigenvalue weighted by Crippen LogP contribution is -2.36. The van der Waals surface area contributed by atoms with Crippen molar-refractivity contribution < 1.29 is 9.84 Å². The molecule has 0 amide bonds. The predicted molar refractivity (Wildman–Crippen MR) is 65.1 cm³/mol. The van der Waals surface area contributed by atoms with Gasteiger partial charge in [0, 0.05) is 24.2 Å². The fourth-order valence-electron chi connectivity index (χ4n) is 1.66. The second-order valence-electron chi connectivity index (χ2n) is 4.10. The summed E-state index contributed by atoms with van der Waals surface area (Å²) < 4.78 is 5.31. The van der Waals surface area contributed by atoms with Gasteiger partial charge in [-0.25, -0.2) is 4.98 Å². The van der Waals surface area contributed by atoms with Crippen LogP contribution in [-0.4, -0.2) is 42.5 Å². The Morgan fingerprint density at radius 1 is 1.56 bits per heavy atom. The molecule has 0 aromatic carbocycles. The molecule has 1 fully saturated rings. The Morgan fingerprint density at radius 3 is 3.00 bits per heavy atom. The molecule has 5 heteroatoms. The van der Waals surface area contributed by atoms with Crippen molar-refractivity contribution in [2.45, 2.75) is 25.9 Å². The number of hydrogen-bond acceptors (Lipinski definition) is 5. The Bertz CT molecular complexity index is 322. The first-order valence-electron chi connectivity index (χ1n) is 5.71. The number of rotatable bonds is 4. The first kappa shape index (κ1) is 11.8. The molecule has 90 valence electrons. The second kappa shape index (κ2) is 5.61. The van der Waals surface area contributed by atoms with Crippen molar-refractivity contribution in [2.24, 2.45) is 0 Å². The number of anilines is 1. The van der Waals surface area contributed by atoms with E-state index < -0.39 is 0 Å². The Balaban J connectivity index is 1.90. The van der Waals surface area contributed by atoms with E-state index in [1.54, 1.807) is 11.3 Å². The number of morpholine rings is 1. The quantitative estimate of drug-likeness (QED) is 0.864. The third kappa shape index (κ3) is 3.17. The van der Waals surface area contributed by atoms with Crippen molar-refractivity contribution in [2.75, 3.05) is 31.2 Å². The summed E-state index contributed by atoms with van der Waals surface area (Å²) in [5, 5.41) is 10.3. The predicted octanol–water partition coefficient (Wildman–Crippen LogP) is 1.29. The minimum Gasteiger partial charge on any atom is -0.393 e. The minimum absolute atomic E-state index is 0.228. The summed E-state index contributed by atoms with van der Waals surface area (Å²) in [6.45, 7) is 5.28. The molecule has 0 aliphatic carbocycles. The third-order valence-electron chi connectivity index (χ3n) is 2.63. The lowest BCUT2D eigenvalue weighted by molar-refractivity contribution is 0.122. The molecule has 1 saturated heterocycles. The molecule has 1 aliphatic heterocycles. The van der Waals surface area contributed by atoms with Crippen LogP contribution in [0, 0.1) is 0 Å². The maximum absolute atomic E-state index is 9.23. The molecule has 2 heterocycles. The number of aliphatic hydroxyl groups is 1. The van der Waals surface area contributed by atoms with E-state index in [9.17, 15) is 5.11 Å². The second-order valence-corrected chi connectivity index (χ2v) is 5.19. The SMILES string of the molecule is CC(O)CCc1cnc(N2CCOCC2)s1. The lowest BCUT2D eigenvalue weighted by atomic mass is 10.2. The summed E-state index contributed by atoms with van der Waals surface area (Å²) in [4.78, 5) is 7.94. The first-order chi connectivity index (χ1) is 7.75. The molecular weight excluding hydrogens is 224 g/mol. The summed E-state index contributed by atoms with van der Waals surface area (Å²) in [7, 11) is 0.